The molecule has 2 aromatic carbocycles. The van der Waals surface area contributed by atoms with Crippen LogP contribution in [-0.2, 0) is 6.54 Å². The van der Waals surface area contributed by atoms with E-state index < -0.39 is 0 Å². The van der Waals surface area contributed by atoms with Crippen LogP contribution in [0.15, 0.2) is 42.5 Å². The lowest BCUT2D eigenvalue weighted by atomic mass is 10.1. The van der Waals surface area contributed by atoms with Crippen LogP contribution in [-0.4, -0.2) is 24.2 Å². The van der Waals surface area contributed by atoms with E-state index in [9.17, 15) is 4.79 Å². The Balaban J connectivity index is 1.92. The normalized spacial score (nSPS) is 10.4. The molecule has 23 heavy (non-hydrogen) atoms. The molecule has 0 radical (unpaired) electrons. The molecule has 0 aliphatic rings. The highest BCUT2D eigenvalue weighted by Crippen LogP contribution is 2.15. The Bertz CT molecular complexity index is 651. The van der Waals surface area contributed by atoms with E-state index in [1.807, 2.05) is 12.1 Å². The van der Waals surface area contributed by atoms with Crippen LogP contribution >= 0.6 is 0 Å². The number of carbonyl (C=O) groups is 1. The number of hydrogen-bond acceptors (Lipinski definition) is 3. The van der Waals surface area contributed by atoms with Crippen LogP contribution in [0.25, 0.3) is 0 Å². The molecule has 4 nitrogen and oxygen atoms in total. The number of rotatable bonds is 7. The van der Waals surface area contributed by atoms with E-state index in [1.165, 1.54) is 16.7 Å². The third-order valence-electron chi connectivity index (χ3n) is 3.76. The number of nitrogens with one attached hydrogen (secondary N) is 2. The van der Waals surface area contributed by atoms with Gasteiger partial charge in [-0.2, -0.15) is 0 Å². The molecular formula is C19H24N2O2. The summed E-state index contributed by atoms with van der Waals surface area (Å²) in [5.41, 5.74) is 5.40. The van der Waals surface area contributed by atoms with Gasteiger partial charge in [0.2, 0.25) is 0 Å². The largest absolute Gasteiger partial charge is 0.396 e. The molecule has 0 unspecified atom stereocenters. The highest BCUT2D eigenvalue weighted by Gasteiger charge is 2.05. The minimum Gasteiger partial charge on any atom is -0.396 e. The summed E-state index contributed by atoms with van der Waals surface area (Å²) in [5, 5.41) is 14.9. The number of carbonyl (C=O) groups excluding carboxylic acids is 1. The smallest absolute Gasteiger partial charge is 0.251 e. The second-order valence-corrected chi connectivity index (χ2v) is 5.69. The second kappa shape index (κ2) is 8.34. The fourth-order valence-corrected chi connectivity index (χ4v) is 2.31. The molecule has 3 N–H and O–H groups in total. The maximum Gasteiger partial charge on any atom is 0.251 e. The Hall–Kier alpha value is -2.33. The van der Waals surface area contributed by atoms with Crippen LogP contribution in [0.5, 0.6) is 0 Å². The number of amides is 1. The number of aliphatic hydroxyl groups excluding tert-OH is 1. The van der Waals surface area contributed by atoms with Crippen molar-refractivity contribution in [2.24, 2.45) is 0 Å². The maximum absolute atomic E-state index is 11.9. The lowest BCUT2D eigenvalue weighted by molar-refractivity contribution is 0.0951. The van der Waals surface area contributed by atoms with E-state index in [1.54, 1.807) is 12.1 Å². The number of aryl methyl sites for hydroxylation is 2. The number of aliphatic hydroxyl groups is 1. The van der Waals surface area contributed by atoms with E-state index in [0.29, 0.717) is 18.5 Å². The van der Waals surface area contributed by atoms with Gasteiger partial charge in [0.15, 0.2) is 0 Å². The number of anilines is 1. The summed E-state index contributed by atoms with van der Waals surface area (Å²) < 4.78 is 0. The van der Waals surface area contributed by atoms with E-state index in [0.717, 1.165) is 12.2 Å². The van der Waals surface area contributed by atoms with Crippen molar-refractivity contribution < 1.29 is 9.90 Å². The van der Waals surface area contributed by atoms with E-state index >= 15 is 0 Å². The fraction of sp³-hybridized carbons (Fsp3) is 0.316. The summed E-state index contributed by atoms with van der Waals surface area (Å²) in [6.07, 6.45) is 0.571. The van der Waals surface area contributed by atoms with Crippen molar-refractivity contribution in [3.8, 4) is 0 Å². The highest BCUT2D eigenvalue weighted by atomic mass is 16.3. The molecule has 0 saturated heterocycles. The SMILES string of the molecule is Cc1ccc(C)c(CNc2ccc(C(=O)NCCCO)cc2)c1. The zero-order valence-electron chi connectivity index (χ0n) is 13.7. The van der Waals surface area contributed by atoms with Crippen molar-refractivity contribution in [2.45, 2.75) is 26.8 Å². The third kappa shape index (κ3) is 5.11. The molecule has 0 atom stereocenters. The lowest BCUT2D eigenvalue weighted by Gasteiger charge is -2.11. The van der Waals surface area contributed by atoms with Crippen molar-refractivity contribution in [1.29, 1.82) is 0 Å². The summed E-state index contributed by atoms with van der Waals surface area (Å²) in [6.45, 7) is 5.53. The van der Waals surface area contributed by atoms with Crippen LogP contribution in [0.1, 0.15) is 33.5 Å². The molecule has 0 aliphatic heterocycles. The van der Waals surface area contributed by atoms with Crippen LogP contribution in [0.3, 0.4) is 0 Å². The van der Waals surface area contributed by atoms with Gasteiger partial charge in [-0.15, -0.1) is 0 Å². The lowest BCUT2D eigenvalue weighted by Crippen LogP contribution is -2.24. The summed E-state index contributed by atoms with van der Waals surface area (Å²) in [7, 11) is 0. The Labute approximate surface area is 137 Å². The average Bonchev–Trinajstić information content (AvgIpc) is 2.56. The summed E-state index contributed by atoms with van der Waals surface area (Å²) >= 11 is 0. The second-order valence-electron chi connectivity index (χ2n) is 5.69. The highest BCUT2D eigenvalue weighted by molar-refractivity contribution is 5.94. The van der Waals surface area contributed by atoms with Gasteiger partial charge in [0.1, 0.15) is 0 Å². The molecule has 0 fully saturated rings. The van der Waals surface area contributed by atoms with E-state index in [2.05, 4.69) is 42.7 Å². The molecule has 0 heterocycles. The topological polar surface area (TPSA) is 61.4 Å². The van der Waals surface area contributed by atoms with Crippen molar-refractivity contribution in [1.82, 2.24) is 5.32 Å². The number of hydrogen-bond donors (Lipinski definition) is 3. The van der Waals surface area contributed by atoms with E-state index in [4.69, 9.17) is 5.11 Å². The monoisotopic (exact) mass is 312 g/mol. The first-order chi connectivity index (χ1) is 11.1. The predicted octanol–water partition coefficient (Wildman–Crippen LogP) is 3.03. The van der Waals surface area contributed by atoms with Crippen molar-refractivity contribution in [2.75, 3.05) is 18.5 Å². The minimum absolute atomic E-state index is 0.0848. The Morgan fingerprint density at radius 1 is 1.09 bits per heavy atom. The fourth-order valence-electron chi connectivity index (χ4n) is 2.31. The molecule has 1 amide bonds. The van der Waals surface area contributed by atoms with Gasteiger partial charge in [-0.1, -0.05) is 23.8 Å². The summed E-state index contributed by atoms with van der Waals surface area (Å²) in [4.78, 5) is 11.9. The van der Waals surface area contributed by atoms with Crippen molar-refractivity contribution in [3.63, 3.8) is 0 Å². The first kappa shape index (κ1) is 17.0. The zero-order chi connectivity index (χ0) is 16.7. The molecule has 0 saturated carbocycles. The van der Waals surface area contributed by atoms with Gasteiger partial charge in [0, 0.05) is 30.9 Å². The molecule has 2 aromatic rings. The van der Waals surface area contributed by atoms with Crippen LogP contribution < -0.4 is 10.6 Å². The van der Waals surface area contributed by atoms with Gasteiger partial charge in [-0.3, -0.25) is 4.79 Å². The van der Waals surface area contributed by atoms with Gasteiger partial charge >= 0.3 is 0 Å². The predicted molar refractivity (Wildman–Crippen MR) is 93.7 cm³/mol. The average molecular weight is 312 g/mol. The molecule has 122 valence electrons. The van der Waals surface area contributed by atoms with Crippen molar-refractivity contribution in [3.05, 3.63) is 64.7 Å². The molecule has 0 bridgehead atoms. The minimum atomic E-state index is -0.112. The van der Waals surface area contributed by atoms with Crippen LogP contribution in [0.2, 0.25) is 0 Å². The zero-order valence-corrected chi connectivity index (χ0v) is 13.7. The van der Waals surface area contributed by atoms with Gasteiger partial charge < -0.3 is 15.7 Å². The van der Waals surface area contributed by atoms with Gasteiger partial charge in [-0.05, 0) is 55.7 Å². The molecule has 0 spiro atoms. The summed E-state index contributed by atoms with van der Waals surface area (Å²) in [5.74, 6) is -0.112. The van der Waals surface area contributed by atoms with Gasteiger partial charge in [-0.25, -0.2) is 0 Å². The first-order valence-electron chi connectivity index (χ1n) is 7.89. The Morgan fingerprint density at radius 2 is 1.83 bits per heavy atom. The Morgan fingerprint density at radius 3 is 2.52 bits per heavy atom. The van der Waals surface area contributed by atoms with E-state index in [-0.39, 0.29) is 12.5 Å². The Kier molecular flexibility index (Phi) is 6.18. The van der Waals surface area contributed by atoms with Crippen LogP contribution in [0, 0.1) is 13.8 Å². The standard InChI is InChI=1S/C19H24N2O2/c1-14-4-5-15(2)17(12-14)13-21-18-8-6-16(7-9-18)19(23)20-10-3-11-22/h4-9,12,21-22H,3,10-11,13H2,1-2H3,(H,20,23). The van der Waals surface area contributed by atoms with Crippen molar-refractivity contribution >= 4 is 11.6 Å². The molecular weight excluding hydrogens is 288 g/mol. The maximum atomic E-state index is 11.9. The molecule has 0 aromatic heterocycles. The van der Waals surface area contributed by atoms with Gasteiger partial charge in [0.05, 0.1) is 0 Å². The molecule has 4 heteroatoms. The third-order valence-corrected chi connectivity index (χ3v) is 3.76. The molecule has 2 rings (SSSR count). The quantitative estimate of drug-likeness (QED) is 0.689. The molecule has 0 aliphatic carbocycles. The van der Waals surface area contributed by atoms with Gasteiger partial charge in [0.25, 0.3) is 5.91 Å². The number of benzene rings is 2. The summed E-state index contributed by atoms with van der Waals surface area (Å²) in [6, 6.07) is 13.9. The van der Waals surface area contributed by atoms with Crippen LogP contribution in [0.4, 0.5) is 5.69 Å². The first-order valence-corrected chi connectivity index (χ1v) is 7.89.